The second-order valence-electron chi connectivity index (χ2n) is 5.85. The van der Waals surface area contributed by atoms with Crippen molar-refractivity contribution < 1.29 is 13.9 Å². The SMILES string of the molecule is Cl.O=C(C1COCCN1)N1CCC(Cc2ccc(F)cc2)C1. The van der Waals surface area contributed by atoms with Gasteiger partial charge in [0, 0.05) is 19.6 Å². The van der Waals surface area contributed by atoms with Crippen LogP contribution in [0.1, 0.15) is 12.0 Å². The molecule has 4 nitrogen and oxygen atoms in total. The first-order valence-corrected chi connectivity index (χ1v) is 7.57. The van der Waals surface area contributed by atoms with Crippen LogP contribution in [-0.4, -0.2) is 49.7 Å². The van der Waals surface area contributed by atoms with Crippen molar-refractivity contribution in [3.05, 3.63) is 35.6 Å². The van der Waals surface area contributed by atoms with Crippen LogP contribution in [-0.2, 0) is 16.0 Å². The Morgan fingerprint density at radius 2 is 2.14 bits per heavy atom. The number of hydrogen-bond acceptors (Lipinski definition) is 3. The van der Waals surface area contributed by atoms with E-state index in [0.29, 0.717) is 19.1 Å². The first-order valence-electron chi connectivity index (χ1n) is 7.57. The highest BCUT2D eigenvalue weighted by Crippen LogP contribution is 2.22. The molecule has 2 saturated heterocycles. The lowest BCUT2D eigenvalue weighted by Gasteiger charge is -2.27. The van der Waals surface area contributed by atoms with Crippen LogP contribution >= 0.6 is 12.4 Å². The molecule has 2 unspecified atom stereocenters. The zero-order valence-corrected chi connectivity index (χ0v) is 13.3. The zero-order valence-electron chi connectivity index (χ0n) is 12.5. The summed E-state index contributed by atoms with van der Waals surface area (Å²) in [6, 6.07) is 6.46. The lowest BCUT2D eigenvalue weighted by molar-refractivity contribution is -0.135. The highest BCUT2D eigenvalue weighted by Gasteiger charge is 2.31. The Bertz CT molecular complexity index is 491. The second-order valence-corrected chi connectivity index (χ2v) is 5.85. The van der Waals surface area contributed by atoms with Crippen molar-refractivity contribution in [3.8, 4) is 0 Å². The summed E-state index contributed by atoms with van der Waals surface area (Å²) >= 11 is 0. The number of benzene rings is 1. The topological polar surface area (TPSA) is 41.6 Å². The van der Waals surface area contributed by atoms with Crippen molar-refractivity contribution in [2.75, 3.05) is 32.8 Å². The largest absolute Gasteiger partial charge is 0.378 e. The van der Waals surface area contributed by atoms with Gasteiger partial charge in [0.05, 0.1) is 13.2 Å². The van der Waals surface area contributed by atoms with Gasteiger partial charge in [0.25, 0.3) is 0 Å². The molecule has 2 atom stereocenters. The normalized spacial score (nSPS) is 24.9. The highest BCUT2D eigenvalue weighted by molar-refractivity contribution is 5.85. The third-order valence-corrected chi connectivity index (χ3v) is 4.25. The van der Waals surface area contributed by atoms with Crippen LogP contribution in [0, 0.1) is 11.7 Å². The van der Waals surface area contributed by atoms with Crippen molar-refractivity contribution in [3.63, 3.8) is 0 Å². The van der Waals surface area contributed by atoms with Crippen LogP contribution in [0.2, 0.25) is 0 Å². The summed E-state index contributed by atoms with van der Waals surface area (Å²) in [5.41, 5.74) is 1.13. The summed E-state index contributed by atoms with van der Waals surface area (Å²) in [4.78, 5) is 14.3. The van der Waals surface area contributed by atoms with Crippen molar-refractivity contribution in [2.45, 2.75) is 18.9 Å². The Labute approximate surface area is 136 Å². The lowest BCUT2D eigenvalue weighted by Crippen LogP contribution is -2.52. The van der Waals surface area contributed by atoms with Gasteiger partial charge in [0.15, 0.2) is 0 Å². The number of likely N-dealkylation sites (tertiary alicyclic amines) is 1. The zero-order chi connectivity index (χ0) is 14.7. The van der Waals surface area contributed by atoms with E-state index in [1.54, 1.807) is 0 Å². The number of carbonyl (C=O) groups is 1. The van der Waals surface area contributed by atoms with E-state index >= 15 is 0 Å². The van der Waals surface area contributed by atoms with Gasteiger partial charge in [-0.2, -0.15) is 0 Å². The molecule has 2 aliphatic heterocycles. The predicted molar refractivity (Wildman–Crippen MR) is 84.6 cm³/mol. The van der Waals surface area contributed by atoms with Crippen LogP contribution < -0.4 is 5.32 Å². The molecule has 2 fully saturated rings. The summed E-state index contributed by atoms with van der Waals surface area (Å²) in [6.07, 6.45) is 1.91. The highest BCUT2D eigenvalue weighted by atomic mass is 35.5. The molecule has 2 heterocycles. The smallest absolute Gasteiger partial charge is 0.242 e. The number of ether oxygens (including phenoxy) is 1. The minimum atomic E-state index is -0.203. The molecule has 122 valence electrons. The van der Waals surface area contributed by atoms with E-state index < -0.39 is 0 Å². The van der Waals surface area contributed by atoms with Gasteiger partial charge in [-0.05, 0) is 36.5 Å². The van der Waals surface area contributed by atoms with Crippen molar-refractivity contribution in [1.82, 2.24) is 10.2 Å². The number of morpholine rings is 1. The molecule has 1 aromatic carbocycles. The molecule has 0 radical (unpaired) electrons. The number of hydrogen-bond donors (Lipinski definition) is 1. The molecule has 3 rings (SSSR count). The second kappa shape index (κ2) is 7.90. The summed E-state index contributed by atoms with van der Waals surface area (Å²) < 4.78 is 18.3. The molecule has 0 aromatic heterocycles. The monoisotopic (exact) mass is 328 g/mol. The van der Waals surface area contributed by atoms with E-state index in [-0.39, 0.29) is 30.2 Å². The maximum absolute atomic E-state index is 12.9. The van der Waals surface area contributed by atoms with Gasteiger partial charge in [0.1, 0.15) is 11.9 Å². The molecule has 1 N–H and O–H groups in total. The van der Waals surface area contributed by atoms with Gasteiger partial charge in [-0.1, -0.05) is 12.1 Å². The first kappa shape index (κ1) is 17.2. The summed E-state index contributed by atoms with van der Waals surface area (Å²) in [5, 5.41) is 3.21. The van der Waals surface area contributed by atoms with Crippen LogP contribution in [0.15, 0.2) is 24.3 Å². The fraction of sp³-hybridized carbons (Fsp3) is 0.562. The molecule has 6 heteroatoms. The average Bonchev–Trinajstić information content (AvgIpc) is 2.98. The fourth-order valence-electron chi connectivity index (χ4n) is 3.10. The molecule has 0 aliphatic carbocycles. The van der Waals surface area contributed by atoms with E-state index in [4.69, 9.17) is 4.74 Å². The number of halogens is 2. The van der Waals surface area contributed by atoms with Crippen molar-refractivity contribution in [2.24, 2.45) is 5.92 Å². The van der Waals surface area contributed by atoms with Gasteiger partial charge >= 0.3 is 0 Å². The van der Waals surface area contributed by atoms with E-state index in [9.17, 15) is 9.18 Å². The number of amides is 1. The molecule has 1 aromatic rings. The van der Waals surface area contributed by atoms with Crippen molar-refractivity contribution >= 4 is 18.3 Å². The fourth-order valence-corrected chi connectivity index (χ4v) is 3.10. The average molecular weight is 329 g/mol. The standard InChI is InChI=1S/C16H21FN2O2.ClH/c17-14-3-1-12(2-4-14)9-13-5-7-19(10-13)16(20)15-11-21-8-6-18-15;/h1-4,13,15,18H,5-11H2;1H. The predicted octanol–water partition coefficient (Wildman–Crippen LogP) is 1.63. The van der Waals surface area contributed by atoms with Crippen molar-refractivity contribution in [1.29, 1.82) is 0 Å². The molecular formula is C16H22ClFN2O2. The minimum absolute atomic E-state index is 0. The van der Waals surface area contributed by atoms with Crippen LogP contribution in [0.3, 0.4) is 0 Å². The number of carbonyl (C=O) groups excluding carboxylic acids is 1. The Balaban J connectivity index is 0.00000176. The maximum atomic E-state index is 12.9. The number of nitrogens with one attached hydrogen (secondary N) is 1. The molecule has 22 heavy (non-hydrogen) atoms. The van der Waals surface area contributed by atoms with Gasteiger partial charge in [-0.25, -0.2) is 4.39 Å². The molecule has 2 aliphatic rings. The Morgan fingerprint density at radius 3 is 2.82 bits per heavy atom. The molecular weight excluding hydrogens is 307 g/mol. The van der Waals surface area contributed by atoms with Gasteiger partial charge in [-0.3, -0.25) is 4.79 Å². The van der Waals surface area contributed by atoms with E-state index in [0.717, 1.165) is 38.0 Å². The molecule has 1 amide bonds. The molecule has 0 spiro atoms. The van der Waals surface area contributed by atoms with Gasteiger partial charge in [-0.15, -0.1) is 12.4 Å². The number of rotatable bonds is 3. The minimum Gasteiger partial charge on any atom is -0.378 e. The third kappa shape index (κ3) is 4.18. The van der Waals surface area contributed by atoms with Crippen LogP contribution in [0.4, 0.5) is 4.39 Å². The van der Waals surface area contributed by atoms with Crippen LogP contribution in [0.25, 0.3) is 0 Å². The molecule has 0 saturated carbocycles. The Kier molecular flexibility index (Phi) is 6.17. The van der Waals surface area contributed by atoms with Gasteiger partial charge < -0.3 is 15.0 Å². The quantitative estimate of drug-likeness (QED) is 0.917. The summed E-state index contributed by atoms with van der Waals surface area (Å²) in [5.74, 6) is 0.408. The maximum Gasteiger partial charge on any atom is 0.242 e. The van der Waals surface area contributed by atoms with E-state index in [2.05, 4.69) is 5.32 Å². The third-order valence-electron chi connectivity index (χ3n) is 4.25. The summed E-state index contributed by atoms with van der Waals surface area (Å²) in [6.45, 7) is 3.48. The number of nitrogens with zero attached hydrogens (tertiary/aromatic N) is 1. The molecule has 0 bridgehead atoms. The van der Waals surface area contributed by atoms with E-state index in [1.807, 2.05) is 17.0 Å². The van der Waals surface area contributed by atoms with Crippen LogP contribution in [0.5, 0.6) is 0 Å². The Hall–Kier alpha value is -1.17. The summed E-state index contributed by atoms with van der Waals surface area (Å²) in [7, 11) is 0. The lowest BCUT2D eigenvalue weighted by atomic mass is 9.99. The first-order chi connectivity index (χ1) is 10.2. The van der Waals surface area contributed by atoms with Gasteiger partial charge in [0.2, 0.25) is 5.91 Å². The van der Waals surface area contributed by atoms with E-state index in [1.165, 1.54) is 12.1 Å². The Morgan fingerprint density at radius 1 is 1.36 bits per heavy atom.